The molecule has 0 aromatic heterocycles. The Kier molecular flexibility index (Phi) is 6.91. The van der Waals surface area contributed by atoms with Crippen LogP contribution >= 0.6 is 0 Å². The van der Waals surface area contributed by atoms with E-state index in [1.54, 1.807) is 36.1 Å². The number of Topliss-reactive ketones (excluding diaryl/α,β-unsaturated/α-hetero) is 1. The molecule has 3 fully saturated rings. The van der Waals surface area contributed by atoms with Gasteiger partial charge in [0.15, 0.2) is 0 Å². The summed E-state index contributed by atoms with van der Waals surface area (Å²) in [6, 6.07) is 10.4. The summed E-state index contributed by atoms with van der Waals surface area (Å²) in [5.41, 5.74) is 0.921. The van der Waals surface area contributed by atoms with Gasteiger partial charge in [-0.1, -0.05) is 37.3 Å². The Labute approximate surface area is 192 Å². The van der Waals surface area contributed by atoms with Gasteiger partial charge in [0.1, 0.15) is 23.5 Å². The fourth-order valence-corrected chi connectivity index (χ4v) is 5.20. The summed E-state index contributed by atoms with van der Waals surface area (Å²) in [5.74, 6) is -1.20. The van der Waals surface area contributed by atoms with Crippen LogP contribution in [0.3, 0.4) is 0 Å². The number of nitrogens with one attached hydrogen (secondary N) is 1. The minimum atomic E-state index is -1.19. The molecule has 7 heteroatoms. The SMILES string of the molecule is CCC(=O)CNC1C2CC(C2)N(C(=O)[C@@H](C)O)C1Cc1cc(F)cc(-c2ccccc2)c1F. The average molecular weight is 457 g/mol. The van der Waals surface area contributed by atoms with Crippen LogP contribution in [0.1, 0.15) is 38.7 Å². The van der Waals surface area contributed by atoms with Crippen molar-refractivity contribution in [1.29, 1.82) is 0 Å². The maximum Gasteiger partial charge on any atom is 0.251 e. The van der Waals surface area contributed by atoms with Gasteiger partial charge in [-0.15, -0.1) is 0 Å². The predicted octanol–water partition coefficient (Wildman–Crippen LogP) is 3.48. The molecule has 2 unspecified atom stereocenters. The molecule has 1 saturated carbocycles. The van der Waals surface area contributed by atoms with Gasteiger partial charge in [0, 0.05) is 24.1 Å². The summed E-state index contributed by atoms with van der Waals surface area (Å²) in [5, 5.41) is 13.3. The largest absolute Gasteiger partial charge is 0.384 e. The van der Waals surface area contributed by atoms with Crippen molar-refractivity contribution < 1.29 is 23.5 Å². The third-order valence-corrected chi connectivity index (χ3v) is 6.99. The molecule has 2 aliphatic heterocycles. The minimum Gasteiger partial charge on any atom is -0.384 e. The van der Waals surface area contributed by atoms with Crippen LogP contribution in [-0.4, -0.2) is 52.5 Å². The summed E-state index contributed by atoms with van der Waals surface area (Å²) < 4.78 is 30.2. The number of benzene rings is 2. The third-order valence-electron chi connectivity index (χ3n) is 6.99. The van der Waals surface area contributed by atoms with E-state index in [1.165, 1.54) is 19.1 Å². The highest BCUT2D eigenvalue weighted by molar-refractivity contribution is 5.82. The lowest BCUT2D eigenvalue weighted by atomic mass is 9.66. The molecule has 2 bridgehead atoms. The normalized spacial score (nSPS) is 24.8. The zero-order valence-corrected chi connectivity index (χ0v) is 18.9. The smallest absolute Gasteiger partial charge is 0.251 e. The molecular weight excluding hydrogens is 426 g/mol. The zero-order valence-electron chi connectivity index (χ0n) is 18.9. The highest BCUT2D eigenvalue weighted by atomic mass is 19.1. The molecule has 5 rings (SSSR count). The number of aliphatic hydroxyl groups excluding tert-OH is 1. The molecular formula is C26H30F2N2O3. The lowest BCUT2D eigenvalue weighted by molar-refractivity contribution is -0.158. The lowest BCUT2D eigenvalue weighted by Gasteiger charge is -2.58. The number of carbonyl (C=O) groups excluding carboxylic acids is 2. The number of hydrogen-bond donors (Lipinski definition) is 2. The number of halogens is 2. The van der Waals surface area contributed by atoms with E-state index >= 15 is 4.39 Å². The first kappa shape index (κ1) is 23.5. The summed E-state index contributed by atoms with van der Waals surface area (Å²) in [6.07, 6.45) is 0.835. The molecule has 0 radical (unpaired) electrons. The number of carbonyl (C=O) groups is 2. The third kappa shape index (κ3) is 4.70. The van der Waals surface area contributed by atoms with E-state index in [2.05, 4.69) is 5.32 Å². The zero-order chi connectivity index (χ0) is 23.7. The Balaban J connectivity index is 1.70. The first-order chi connectivity index (χ1) is 15.8. The molecule has 2 N–H and O–H groups in total. The van der Waals surface area contributed by atoms with Crippen LogP contribution < -0.4 is 5.32 Å². The number of amides is 1. The number of ketones is 1. The molecule has 176 valence electrons. The minimum absolute atomic E-state index is 0.0350. The summed E-state index contributed by atoms with van der Waals surface area (Å²) in [7, 11) is 0. The van der Waals surface area contributed by atoms with Gasteiger partial charge in [0.05, 0.1) is 12.6 Å². The first-order valence-corrected chi connectivity index (χ1v) is 11.6. The number of nitrogens with zero attached hydrogens (tertiary/aromatic N) is 1. The van der Waals surface area contributed by atoms with Crippen LogP contribution in [0.2, 0.25) is 0 Å². The Morgan fingerprint density at radius 2 is 1.88 bits per heavy atom. The Bertz CT molecular complexity index is 1020. The number of fused-ring (bicyclic) bond motifs is 2. The maximum absolute atomic E-state index is 15.6. The monoisotopic (exact) mass is 456 g/mol. The van der Waals surface area contributed by atoms with Crippen molar-refractivity contribution in [1.82, 2.24) is 10.2 Å². The van der Waals surface area contributed by atoms with Crippen LogP contribution in [0.25, 0.3) is 11.1 Å². The van der Waals surface area contributed by atoms with Crippen molar-refractivity contribution in [3.63, 3.8) is 0 Å². The van der Waals surface area contributed by atoms with Crippen LogP contribution in [0.4, 0.5) is 8.78 Å². The molecule has 33 heavy (non-hydrogen) atoms. The lowest BCUT2D eigenvalue weighted by Crippen LogP contribution is -2.71. The van der Waals surface area contributed by atoms with Gasteiger partial charge in [-0.25, -0.2) is 8.78 Å². The number of aliphatic hydroxyl groups is 1. The Morgan fingerprint density at radius 1 is 1.18 bits per heavy atom. The second-order valence-electron chi connectivity index (χ2n) is 9.17. The molecule has 1 amide bonds. The molecule has 2 saturated heterocycles. The molecule has 5 nitrogen and oxygen atoms in total. The highest BCUT2D eigenvalue weighted by Gasteiger charge is 2.52. The molecule has 3 aliphatic rings. The van der Waals surface area contributed by atoms with Crippen molar-refractivity contribution in [2.45, 2.75) is 63.8 Å². The van der Waals surface area contributed by atoms with E-state index in [0.717, 1.165) is 12.8 Å². The molecule has 1 aliphatic carbocycles. The van der Waals surface area contributed by atoms with Gasteiger partial charge in [-0.2, -0.15) is 0 Å². The van der Waals surface area contributed by atoms with Gasteiger partial charge < -0.3 is 15.3 Å². The predicted molar refractivity (Wildman–Crippen MR) is 121 cm³/mol. The van der Waals surface area contributed by atoms with Gasteiger partial charge in [0.25, 0.3) is 5.91 Å². The van der Waals surface area contributed by atoms with Crippen molar-refractivity contribution in [2.24, 2.45) is 5.92 Å². The van der Waals surface area contributed by atoms with E-state index in [4.69, 9.17) is 0 Å². The fourth-order valence-electron chi connectivity index (χ4n) is 5.20. The Morgan fingerprint density at radius 3 is 2.52 bits per heavy atom. The summed E-state index contributed by atoms with van der Waals surface area (Å²) in [4.78, 5) is 26.5. The van der Waals surface area contributed by atoms with Gasteiger partial charge in [-0.3, -0.25) is 9.59 Å². The van der Waals surface area contributed by atoms with Crippen molar-refractivity contribution >= 4 is 11.7 Å². The van der Waals surface area contributed by atoms with Crippen LogP contribution in [-0.2, 0) is 16.0 Å². The molecule has 0 spiro atoms. The Hall–Kier alpha value is -2.64. The standard InChI is InChI=1S/C26H30F2N2O3/c1-3-21(32)14-29-25-18-10-20(11-18)30(26(33)15(2)31)23(25)12-17-9-19(27)13-22(24(17)28)16-7-5-4-6-8-16/h4-9,13,15,18,20,23,25,29,31H,3,10-12,14H2,1-2H3/t15-,18?,20?,23?,25?/m1/s1. The molecule has 2 aromatic rings. The quantitative estimate of drug-likeness (QED) is 0.638. The topological polar surface area (TPSA) is 69.6 Å². The number of rotatable bonds is 8. The van der Waals surface area contributed by atoms with E-state index in [0.29, 0.717) is 12.0 Å². The average Bonchev–Trinajstić information content (AvgIpc) is 2.78. The van der Waals surface area contributed by atoms with Gasteiger partial charge in [0.2, 0.25) is 0 Å². The van der Waals surface area contributed by atoms with Crippen molar-refractivity contribution in [2.75, 3.05) is 6.54 Å². The van der Waals surface area contributed by atoms with Crippen LogP contribution in [0.5, 0.6) is 0 Å². The molecule has 2 heterocycles. The van der Waals surface area contributed by atoms with Crippen LogP contribution in [0.15, 0.2) is 42.5 Å². The highest BCUT2D eigenvalue weighted by Crippen LogP contribution is 2.44. The second kappa shape index (κ2) is 9.69. The summed E-state index contributed by atoms with van der Waals surface area (Å²) in [6.45, 7) is 3.37. The van der Waals surface area contributed by atoms with Crippen molar-refractivity contribution in [3.8, 4) is 11.1 Å². The van der Waals surface area contributed by atoms with E-state index < -0.39 is 29.7 Å². The van der Waals surface area contributed by atoms with Gasteiger partial charge in [-0.05, 0) is 55.4 Å². The van der Waals surface area contributed by atoms with Crippen LogP contribution in [0, 0.1) is 17.6 Å². The number of hydrogen-bond acceptors (Lipinski definition) is 4. The maximum atomic E-state index is 15.6. The fraction of sp³-hybridized carbons (Fsp3) is 0.462. The number of piperidine rings is 2. The van der Waals surface area contributed by atoms with E-state index in [-0.39, 0.29) is 47.9 Å². The molecule has 2 aromatic carbocycles. The van der Waals surface area contributed by atoms with E-state index in [9.17, 15) is 19.1 Å². The second-order valence-corrected chi connectivity index (χ2v) is 9.17. The first-order valence-electron chi connectivity index (χ1n) is 11.6. The summed E-state index contributed by atoms with van der Waals surface area (Å²) >= 11 is 0. The van der Waals surface area contributed by atoms with Crippen molar-refractivity contribution in [3.05, 3.63) is 59.7 Å². The molecule has 3 atom stereocenters. The van der Waals surface area contributed by atoms with E-state index in [1.807, 2.05) is 6.07 Å². The van der Waals surface area contributed by atoms with Gasteiger partial charge >= 0.3 is 0 Å².